The van der Waals surface area contributed by atoms with E-state index in [0.717, 1.165) is 17.7 Å². The molecule has 2 aliphatic heterocycles. The van der Waals surface area contributed by atoms with Gasteiger partial charge in [0.2, 0.25) is 21.8 Å². The highest BCUT2D eigenvalue weighted by Gasteiger charge is 2.40. The summed E-state index contributed by atoms with van der Waals surface area (Å²) in [6.45, 7) is 6.29. The number of rotatable bonds is 5. The van der Waals surface area contributed by atoms with Crippen molar-refractivity contribution in [2.75, 3.05) is 39.3 Å². The summed E-state index contributed by atoms with van der Waals surface area (Å²) in [5, 5.41) is 0. The van der Waals surface area contributed by atoms with E-state index >= 15 is 0 Å². The molecule has 2 amide bonds. The fraction of sp³-hybridized carbons (Fsp3) is 0.619. The van der Waals surface area contributed by atoms with Gasteiger partial charge in [0.05, 0.1) is 10.8 Å². The van der Waals surface area contributed by atoms with Crippen LogP contribution in [-0.4, -0.2) is 73.6 Å². The first-order valence-corrected chi connectivity index (χ1v) is 11.8. The van der Waals surface area contributed by atoms with Crippen LogP contribution in [0, 0.1) is 25.7 Å². The smallest absolute Gasteiger partial charge is 0.243 e. The monoisotopic (exact) mass is 419 g/mol. The number of carbonyl (C=O) groups excluding carboxylic acids is 2. The minimum atomic E-state index is -3.57. The molecule has 1 atom stereocenters. The highest BCUT2D eigenvalue weighted by Crippen LogP contribution is 2.32. The fourth-order valence-corrected chi connectivity index (χ4v) is 5.99. The van der Waals surface area contributed by atoms with E-state index in [0.29, 0.717) is 30.4 Å². The topological polar surface area (TPSA) is 78.0 Å². The Morgan fingerprint density at radius 2 is 1.79 bits per heavy atom. The molecule has 1 saturated carbocycles. The van der Waals surface area contributed by atoms with Crippen LogP contribution in [0.15, 0.2) is 23.1 Å². The molecule has 0 spiro atoms. The third kappa shape index (κ3) is 4.19. The summed E-state index contributed by atoms with van der Waals surface area (Å²) in [6, 6.07) is 5.44. The van der Waals surface area contributed by atoms with Crippen molar-refractivity contribution in [2.45, 2.75) is 38.0 Å². The number of nitrogens with zero attached hydrogens (tertiary/aromatic N) is 3. The predicted molar refractivity (Wildman–Crippen MR) is 109 cm³/mol. The maximum absolute atomic E-state index is 13.1. The number of aryl methyl sites for hydroxylation is 2. The lowest BCUT2D eigenvalue weighted by molar-refractivity contribution is -0.137. The Morgan fingerprint density at radius 1 is 1.10 bits per heavy atom. The van der Waals surface area contributed by atoms with E-state index in [-0.39, 0.29) is 37.2 Å². The Bertz CT molecular complexity index is 918. The molecule has 0 unspecified atom stereocenters. The van der Waals surface area contributed by atoms with Gasteiger partial charge in [-0.2, -0.15) is 4.31 Å². The molecule has 0 radical (unpaired) electrons. The number of benzene rings is 1. The molecule has 8 heteroatoms. The summed E-state index contributed by atoms with van der Waals surface area (Å²) in [7, 11) is -3.57. The lowest BCUT2D eigenvalue weighted by Gasteiger charge is -2.35. The molecule has 2 heterocycles. The number of hydrogen-bond acceptors (Lipinski definition) is 4. The molecule has 1 aliphatic carbocycles. The maximum Gasteiger partial charge on any atom is 0.243 e. The summed E-state index contributed by atoms with van der Waals surface area (Å²) >= 11 is 0. The van der Waals surface area contributed by atoms with Crippen LogP contribution >= 0.6 is 0 Å². The molecule has 4 rings (SSSR count). The Balaban J connectivity index is 1.37. The summed E-state index contributed by atoms with van der Waals surface area (Å²) < 4.78 is 27.6. The van der Waals surface area contributed by atoms with Gasteiger partial charge in [0.1, 0.15) is 0 Å². The summed E-state index contributed by atoms with van der Waals surface area (Å²) in [5.41, 5.74) is 1.64. The van der Waals surface area contributed by atoms with Gasteiger partial charge in [-0.15, -0.1) is 0 Å². The summed E-state index contributed by atoms with van der Waals surface area (Å²) in [5.74, 6) is 0.391. The second-order valence-corrected chi connectivity index (χ2v) is 10.5. The highest BCUT2D eigenvalue weighted by atomic mass is 32.2. The van der Waals surface area contributed by atoms with Gasteiger partial charge in [0.15, 0.2) is 0 Å². The maximum atomic E-state index is 13.1. The fourth-order valence-electron chi connectivity index (χ4n) is 4.26. The van der Waals surface area contributed by atoms with Crippen LogP contribution in [-0.2, 0) is 19.6 Å². The van der Waals surface area contributed by atoms with Crippen molar-refractivity contribution < 1.29 is 18.0 Å². The van der Waals surface area contributed by atoms with E-state index in [1.54, 1.807) is 17.9 Å². The minimum absolute atomic E-state index is 0.0135. The van der Waals surface area contributed by atoms with Crippen molar-refractivity contribution in [2.24, 2.45) is 11.8 Å². The van der Waals surface area contributed by atoms with Crippen LogP contribution in [0.25, 0.3) is 0 Å². The number of hydrogen-bond donors (Lipinski definition) is 0. The van der Waals surface area contributed by atoms with Crippen LogP contribution < -0.4 is 0 Å². The van der Waals surface area contributed by atoms with Gasteiger partial charge in [-0.25, -0.2) is 8.42 Å². The molecule has 3 aliphatic rings. The van der Waals surface area contributed by atoms with Crippen LogP contribution in [0.4, 0.5) is 0 Å². The lowest BCUT2D eigenvalue weighted by atomic mass is 10.1. The zero-order valence-electron chi connectivity index (χ0n) is 17.1. The van der Waals surface area contributed by atoms with Crippen molar-refractivity contribution in [1.29, 1.82) is 0 Å². The first-order valence-electron chi connectivity index (χ1n) is 10.4. The zero-order chi connectivity index (χ0) is 20.8. The van der Waals surface area contributed by atoms with Gasteiger partial charge < -0.3 is 9.80 Å². The number of sulfonamides is 1. The number of likely N-dealkylation sites (tertiary alicyclic amines) is 1. The predicted octanol–water partition coefficient (Wildman–Crippen LogP) is 1.39. The molecule has 0 N–H and O–H groups in total. The van der Waals surface area contributed by atoms with Gasteiger partial charge in [-0.3, -0.25) is 9.59 Å². The third-order valence-electron chi connectivity index (χ3n) is 6.25. The van der Waals surface area contributed by atoms with Gasteiger partial charge in [-0.1, -0.05) is 12.1 Å². The Hall–Kier alpha value is -1.93. The molecule has 1 aromatic rings. The summed E-state index contributed by atoms with van der Waals surface area (Å²) in [6.07, 6.45) is 2.64. The second-order valence-electron chi connectivity index (χ2n) is 8.64. The minimum Gasteiger partial charge on any atom is -0.342 e. The van der Waals surface area contributed by atoms with E-state index in [1.165, 1.54) is 17.1 Å². The van der Waals surface area contributed by atoms with E-state index < -0.39 is 10.0 Å². The standard InChI is InChI=1S/C21H29N3O4S/c1-15-3-4-16(2)19(11-15)29(27,28)24-9-7-22(8-10-24)21(26)18-12-20(25)23(14-18)13-17-5-6-17/h3-4,11,17-18H,5-10,12-14H2,1-2H3/t18-/m0/s1. The number of piperazine rings is 1. The van der Waals surface area contributed by atoms with Gasteiger partial charge in [-0.05, 0) is 49.8 Å². The Kier molecular flexibility index (Phi) is 5.42. The molecule has 0 bridgehead atoms. The lowest BCUT2D eigenvalue weighted by Crippen LogP contribution is -2.52. The molecule has 2 saturated heterocycles. The second kappa shape index (κ2) is 7.72. The average molecular weight is 420 g/mol. The first kappa shape index (κ1) is 20.3. The molecule has 7 nitrogen and oxygen atoms in total. The van der Waals surface area contributed by atoms with Crippen molar-refractivity contribution >= 4 is 21.8 Å². The van der Waals surface area contributed by atoms with Crippen molar-refractivity contribution in [3.63, 3.8) is 0 Å². The molecule has 1 aromatic carbocycles. The van der Waals surface area contributed by atoms with E-state index in [2.05, 4.69) is 0 Å². The van der Waals surface area contributed by atoms with Crippen LogP contribution in [0.3, 0.4) is 0 Å². The van der Waals surface area contributed by atoms with Crippen molar-refractivity contribution in [3.05, 3.63) is 29.3 Å². The van der Waals surface area contributed by atoms with Crippen molar-refractivity contribution in [3.8, 4) is 0 Å². The summed E-state index contributed by atoms with van der Waals surface area (Å²) in [4.78, 5) is 29.0. The largest absolute Gasteiger partial charge is 0.342 e. The molecular formula is C21H29N3O4S. The zero-order valence-corrected chi connectivity index (χ0v) is 18.0. The van der Waals surface area contributed by atoms with E-state index in [1.807, 2.05) is 24.0 Å². The Morgan fingerprint density at radius 3 is 2.45 bits per heavy atom. The molecule has 29 heavy (non-hydrogen) atoms. The van der Waals surface area contributed by atoms with Crippen molar-refractivity contribution in [1.82, 2.24) is 14.1 Å². The van der Waals surface area contributed by atoms with Crippen LogP contribution in [0.1, 0.15) is 30.4 Å². The number of carbonyl (C=O) groups is 2. The molecule has 0 aromatic heterocycles. The SMILES string of the molecule is Cc1ccc(C)c(S(=O)(=O)N2CCN(C(=O)[C@H]3CC(=O)N(CC4CC4)C3)CC2)c1. The van der Waals surface area contributed by atoms with E-state index in [9.17, 15) is 18.0 Å². The van der Waals surface area contributed by atoms with E-state index in [4.69, 9.17) is 0 Å². The number of amides is 2. The Labute approximate surface area is 172 Å². The average Bonchev–Trinajstić information content (AvgIpc) is 3.44. The normalized spacial score (nSPS) is 23.7. The van der Waals surface area contributed by atoms with Gasteiger partial charge in [0, 0.05) is 45.7 Å². The third-order valence-corrected chi connectivity index (χ3v) is 8.29. The van der Waals surface area contributed by atoms with Crippen LogP contribution in [0.5, 0.6) is 0 Å². The quantitative estimate of drug-likeness (QED) is 0.723. The van der Waals surface area contributed by atoms with Crippen LogP contribution in [0.2, 0.25) is 0 Å². The molecule has 158 valence electrons. The molecule has 3 fully saturated rings. The van der Waals surface area contributed by atoms with Gasteiger partial charge in [0.25, 0.3) is 0 Å². The first-order chi connectivity index (χ1) is 13.8. The molecular weight excluding hydrogens is 390 g/mol. The van der Waals surface area contributed by atoms with Gasteiger partial charge >= 0.3 is 0 Å². The highest BCUT2D eigenvalue weighted by molar-refractivity contribution is 7.89.